The first-order valence-electron chi connectivity index (χ1n) is 7.51. The van der Waals surface area contributed by atoms with Crippen LogP contribution in [0.2, 0.25) is 0 Å². The third-order valence-electron chi connectivity index (χ3n) is 3.59. The molecule has 0 aliphatic heterocycles. The molecule has 0 aliphatic rings. The number of rotatable bonds is 4. The molecule has 24 heavy (non-hydrogen) atoms. The summed E-state index contributed by atoms with van der Waals surface area (Å²) in [6, 6.07) is 14.2. The predicted molar refractivity (Wildman–Crippen MR) is 98.8 cm³/mol. The first kappa shape index (κ1) is 16.1. The van der Waals surface area contributed by atoms with Crippen molar-refractivity contribution >= 4 is 28.7 Å². The number of aromatic nitrogens is 2. The number of nitrogens with one attached hydrogen (secondary N) is 2. The fraction of sp³-hybridized carbons (Fsp3) is 0.111. The Labute approximate surface area is 145 Å². The summed E-state index contributed by atoms with van der Waals surface area (Å²) >= 11 is 5.26. The number of anilines is 2. The molecule has 4 nitrogen and oxygen atoms in total. The van der Waals surface area contributed by atoms with Gasteiger partial charge in [0.25, 0.3) is 0 Å². The maximum atomic E-state index is 12.9. The van der Waals surface area contributed by atoms with E-state index in [0.29, 0.717) is 11.7 Å². The minimum Gasteiger partial charge on any atom is -0.332 e. The first-order valence-corrected chi connectivity index (χ1v) is 7.91. The lowest BCUT2D eigenvalue weighted by molar-refractivity contribution is 0.628. The highest BCUT2D eigenvalue weighted by atomic mass is 32.1. The largest absolute Gasteiger partial charge is 0.332 e. The van der Waals surface area contributed by atoms with E-state index < -0.39 is 0 Å². The van der Waals surface area contributed by atoms with Gasteiger partial charge in [-0.25, -0.2) is 4.39 Å². The van der Waals surface area contributed by atoms with Crippen molar-refractivity contribution < 1.29 is 4.39 Å². The second kappa shape index (κ2) is 7.23. The van der Waals surface area contributed by atoms with Gasteiger partial charge in [-0.1, -0.05) is 24.3 Å². The molecule has 0 saturated heterocycles. The van der Waals surface area contributed by atoms with Crippen molar-refractivity contribution in [2.75, 3.05) is 10.6 Å². The Bertz CT molecular complexity index is 842. The number of aryl methyl sites for hydroxylation is 1. The van der Waals surface area contributed by atoms with E-state index in [0.717, 1.165) is 11.4 Å². The molecule has 1 heterocycles. The van der Waals surface area contributed by atoms with Crippen molar-refractivity contribution in [2.45, 2.75) is 13.5 Å². The fourth-order valence-electron chi connectivity index (χ4n) is 2.30. The first-order chi connectivity index (χ1) is 11.6. The molecule has 1 aromatic heterocycles. The van der Waals surface area contributed by atoms with Crippen LogP contribution < -0.4 is 10.6 Å². The number of hydrogen-bond donors (Lipinski definition) is 2. The number of thiocarbonyl (C=S) groups is 1. The van der Waals surface area contributed by atoms with Crippen LogP contribution in [0, 0.1) is 12.7 Å². The number of halogens is 1. The van der Waals surface area contributed by atoms with Gasteiger partial charge in [-0.15, -0.1) is 0 Å². The van der Waals surface area contributed by atoms with Gasteiger partial charge in [-0.05, 0) is 54.5 Å². The summed E-state index contributed by atoms with van der Waals surface area (Å²) in [5.41, 5.74) is 3.97. The molecule has 0 unspecified atom stereocenters. The molecule has 0 fully saturated rings. The van der Waals surface area contributed by atoms with Gasteiger partial charge in [0.15, 0.2) is 5.11 Å². The molecule has 122 valence electrons. The third kappa shape index (κ3) is 4.17. The minimum absolute atomic E-state index is 0.281. The molecule has 0 amide bonds. The normalized spacial score (nSPS) is 10.4. The highest BCUT2D eigenvalue weighted by Crippen LogP contribution is 2.13. The van der Waals surface area contributed by atoms with E-state index >= 15 is 0 Å². The number of hydrogen-bond acceptors (Lipinski definition) is 2. The van der Waals surface area contributed by atoms with E-state index in [1.165, 1.54) is 23.3 Å². The summed E-state index contributed by atoms with van der Waals surface area (Å²) in [5, 5.41) is 10.8. The molecule has 2 aromatic carbocycles. The van der Waals surface area contributed by atoms with E-state index in [-0.39, 0.29) is 5.82 Å². The van der Waals surface area contributed by atoms with Gasteiger partial charge >= 0.3 is 0 Å². The van der Waals surface area contributed by atoms with Crippen LogP contribution in [0.4, 0.5) is 15.8 Å². The molecule has 3 rings (SSSR count). The van der Waals surface area contributed by atoms with Gasteiger partial charge in [0.05, 0.1) is 18.4 Å². The lowest BCUT2D eigenvalue weighted by atomic mass is 10.1. The topological polar surface area (TPSA) is 41.9 Å². The lowest BCUT2D eigenvalue weighted by Crippen LogP contribution is -2.18. The average molecular weight is 340 g/mol. The summed E-state index contributed by atoms with van der Waals surface area (Å²) in [5.74, 6) is -0.281. The average Bonchev–Trinajstić information content (AvgIpc) is 2.99. The van der Waals surface area contributed by atoms with E-state index in [1.807, 2.05) is 23.0 Å². The fourth-order valence-corrected chi connectivity index (χ4v) is 2.54. The smallest absolute Gasteiger partial charge is 0.175 e. The summed E-state index contributed by atoms with van der Waals surface area (Å²) in [7, 11) is 0. The maximum absolute atomic E-state index is 12.9. The molecule has 6 heteroatoms. The van der Waals surface area contributed by atoms with Crippen LogP contribution in [0.5, 0.6) is 0 Å². The van der Waals surface area contributed by atoms with E-state index in [1.54, 1.807) is 18.3 Å². The monoisotopic (exact) mass is 340 g/mol. The Morgan fingerprint density at radius 3 is 2.54 bits per heavy atom. The van der Waals surface area contributed by atoms with Crippen molar-refractivity contribution in [2.24, 2.45) is 0 Å². The Balaban J connectivity index is 1.60. The Kier molecular flexibility index (Phi) is 4.86. The lowest BCUT2D eigenvalue weighted by Gasteiger charge is -2.08. The van der Waals surface area contributed by atoms with Crippen LogP contribution in [0.15, 0.2) is 60.9 Å². The zero-order chi connectivity index (χ0) is 16.9. The van der Waals surface area contributed by atoms with Crippen LogP contribution in [0.3, 0.4) is 0 Å². The van der Waals surface area contributed by atoms with Crippen molar-refractivity contribution in [1.82, 2.24) is 9.78 Å². The van der Waals surface area contributed by atoms with Crippen LogP contribution in [0.1, 0.15) is 11.1 Å². The number of nitrogens with zero attached hydrogens (tertiary/aromatic N) is 2. The molecule has 2 N–H and O–H groups in total. The van der Waals surface area contributed by atoms with Crippen LogP contribution in [-0.2, 0) is 6.54 Å². The molecular formula is C18H17FN4S. The second-order valence-corrected chi connectivity index (χ2v) is 5.85. The summed E-state index contributed by atoms with van der Waals surface area (Å²) in [6.45, 7) is 2.78. The number of benzene rings is 2. The van der Waals surface area contributed by atoms with E-state index in [4.69, 9.17) is 12.2 Å². The van der Waals surface area contributed by atoms with Gasteiger partial charge < -0.3 is 10.6 Å². The summed E-state index contributed by atoms with van der Waals surface area (Å²) < 4.78 is 14.7. The zero-order valence-electron chi connectivity index (χ0n) is 13.2. The molecule has 0 saturated carbocycles. The van der Waals surface area contributed by atoms with Crippen molar-refractivity contribution in [3.63, 3.8) is 0 Å². The predicted octanol–water partition coefficient (Wildman–Crippen LogP) is 4.19. The zero-order valence-corrected chi connectivity index (χ0v) is 14.0. The van der Waals surface area contributed by atoms with Crippen molar-refractivity contribution in [1.29, 1.82) is 0 Å². The molecule has 3 aromatic rings. The van der Waals surface area contributed by atoms with Gasteiger partial charge in [0, 0.05) is 11.9 Å². The SMILES string of the molecule is Cc1ccccc1Cn1cc(NC(=S)Nc2ccc(F)cc2)cn1. The van der Waals surface area contributed by atoms with Crippen molar-refractivity contribution in [3.05, 3.63) is 77.9 Å². The quantitative estimate of drug-likeness (QED) is 0.699. The Morgan fingerprint density at radius 2 is 1.79 bits per heavy atom. The van der Waals surface area contributed by atoms with Crippen LogP contribution in [0.25, 0.3) is 0 Å². The van der Waals surface area contributed by atoms with Crippen LogP contribution in [-0.4, -0.2) is 14.9 Å². The molecular weight excluding hydrogens is 323 g/mol. The second-order valence-electron chi connectivity index (χ2n) is 5.44. The molecule has 0 atom stereocenters. The van der Waals surface area contributed by atoms with E-state index in [2.05, 4.69) is 34.8 Å². The molecule has 0 bridgehead atoms. The Morgan fingerprint density at radius 1 is 1.08 bits per heavy atom. The minimum atomic E-state index is -0.281. The maximum Gasteiger partial charge on any atom is 0.175 e. The van der Waals surface area contributed by atoms with Gasteiger partial charge in [-0.3, -0.25) is 4.68 Å². The highest BCUT2D eigenvalue weighted by molar-refractivity contribution is 7.80. The van der Waals surface area contributed by atoms with Gasteiger partial charge in [-0.2, -0.15) is 5.10 Å². The standard InChI is InChI=1S/C18H17FN4S/c1-13-4-2-3-5-14(13)11-23-12-17(10-20-23)22-18(24)21-16-8-6-15(19)7-9-16/h2-10,12H,11H2,1H3,(H2,21,22,24). The highest BCUT2D eigenvalue weighted by Gasteiger charge is 2.04. The summed E-state index contributed by atoms with van der Waals surface area (Å²) in [4.78, 5) is 0. The summed E-state index contributed by atoms with van der Waals surface area (Å²) in [6.07, 6.45) is 3.61. The van der Waals surface area contributed by atoms with Crippen LogP contribution >= 0.6 is 12.2 Å². The third-order valence-corrected chi connectivity index (χ3v) is 3.79. The van der Waals surface area contributed by atoms with Crippen molar-refractivity contribution in [3.8, 4) is 0 Å². The molecule has 0 aliphatic carbocycles. The molecule has 0 spiro atoms. The van der Waals surface area contributed by atoms with Gasteiger partial charge in [0.2, 0.25) is 0 Å². The van der Waals surface area contributed by atoms with E-state index in [9.17, 15) is 4.39 Å². The Hall–Kier alpha value is -2.73. The molecule has 0 radical (unpaired) electrons. The van der Waals surface area contributed by atoms with Gasteiger partial charge in [0.1, 0.15) is 5.82 Å².